The van der Waals surface area contributed by atoms with Crippen molar-refractivity contribution in [2.75, 3.05) is 13.2 Å². The lowest BCUT2D eigenvalue weighted by atomic mass is 10.0. The molecule has 4 N–H and O–H groups in total. The molecular weight excluding hydrogens is 312 g/mol. The maximum absolute atomic E-state index is 11.3. The van der Waals surface area contributed by atoms with Crippen LogP contribution in [0.5, 0.6) is 0 Å². The Hall–Kier alpha value is -0.610. The number of aliphatic hydroxyl groups is 1. The van der Waals surface area contributed by atoms with E-state index in [0.29, 0.717) is 6.54 Å². The van der Waals surface area contributed by atoms with Crippen LogP contribution in [0.1, 0.15) is 110 Å². The molecule has 0 aliphatic rings. The first kappa shape index (κ1) is 24.4. The average molecular weight is 357 g/mol. The van der Waals surface area contributed by atoms with Crippen molar-refractivity contribution in [3.63, 3.8) is 0 Å². The molecule has 150 valence electrons. The molecule has 0 bridgehead atoms. The van der Waals surface area contributed by atoms with Gasteiger partial charge in [0.1, 0.15) is 6.04 Å². The van der Waals surface area contributed by atoms with Gasteiger partial charge in [0, 0.05) is 6.54 Å². The number of carbonyl (C=O) groups excluding carboxylic acids is 1. The highest BCUT2D eigenvalue weighted by Gasteiger charge is 2.10. The van der Waals surface area contributed by atoms with Crippen molar-refractivity contribution in [1.29, 1.82) is 0 Å². The first-order valence-electron chi connectivity index (χ1n) is 10.9. The van der Waals surface area contributed by atoms with Gasteiger partial charge in [0.25, 0.3) is 0 Å². The Morgan fingerprint density at radius 1 is 0.760 bits per heavy atom. The highest BCUT2D eigenvalue weighted by molar-refractivity contribution is 5.81. The molecule has 0 aromatic heterocycles. The van der Waals surface area contributed by atoms with Crippen LogP contribution in [0.15, 0.2) is 0 Å². The lowest BCUT2D eigenvalue weighted by molar-refractivity contribution is -0.123. The van der Waals surface area contributed by atoms with Gasteiger partial charge in [-0.15, -0.1) is 0 Å². The van der Waals surface area contributed by atoms with E-state index in [1.807, 2.05) is 0 Å². The summed E-state index contributed by atoms with van der Waals surface area (Å²) in [5.74, 6) is -0.247. The first-order chi connectivity index (χ1) is 12.2. The van der Waals surface area contributed by atoms with Crippen LogP contribution in [0.4, 0.5) is 0 Å². The Balaban J connectivity index is 3.08. The molecule has 0 saturated heterocycles. The van der Waals surface area contributed by atoms with Gasteiger partial charge in [0.2, 0.25) is 5.91 Å². The van der Waals surface area contributed by atoms with Crippen LogP contribution in [0.2, 0.25) is 0 Å². The van der Waals surface area contributed by atoms with E-state index in [9.17, 15) is 4.79 Å². The van der Waals surface area contributed by atoms with E-state index in [2.05, 4.69) is 12.2 Å². The second-order valence-electron chi connectivity index (χ2n) is 7.38. The molecule has 1 amide bonds. The number of hydrogen-bond acceptors (Lipinski definition) is 3. The smallest absolute Gasteiger partial charge is 0.239 e. The van der Waals surface area contributed by atoms with Crippen LogP contribution < -0.4 is 11.1 Å². The van der Waals surface area contributed by atoms with Gasteiger partial charge in [0.05, 0.1) is 6.61 Å². The molecule has 0 radical (unpaired) electrons. The second kappa shape index (κ2) is 19.7. The fourth-order valence-electron chi connectivity index (χ4n) is 3.10. The van der Waals surface area contributed by atoms with Gasteiger partial charge >= 0.3 is 0 Å². The molecule has 4 nitrogen and oxygen atoms in total. The van der Waals surface area contributed by atoms with Gasteiger partial charge in [-0.3, -0.25) is 4.79 Å². The third-order valence-corrected chi connectivity index (χ3v) is 4.86. The van der Waals surface area contributed by atoms with Gasteiger partial charge in [-0.1, -0.05) is 103 Å². The van der Waals surface area contributed by atoms with Crippen molar-refractivity contribution in [3.05, 3.63) is 0 Å². The van der Waals surface area contributed by atoms with Crippen molar-refractivity contribution < 1.29 is 9.90 Å². The molecular formula is C21H44N2O2. The van der Waals surface area contributed by atoms with E-state index >= 15 is 0 Å². The summed E-state index contributed by atoms with van der Waals surface area (Å²) in [7, 11) is 0. The highest BCUT2D eigenvalue weighted by atomic mass is 16.3. The quantitative estimate of drug-likeness (QED) is 0.294. The minimum atomic E-state index is -0.777. The van der Waals surface area contributed by atoms with E-state index in [4.69, 9.17) is 10.8 Å². The SMILES string of the molecule is CCCCCCCCCCCCCCCCCCNC(=O)C(N)CO. The number of unbranched alkanes of at least 4 members (excludes halogenated alkanes) is 15. The van der Waals surface area contributed by atoms with Crippen LogP contribution in [0.25, 0.3) is 0 Å². The van der Waals surface area contributed by atoms with Gasteiger partial charge in [-0.2, -0.15) is 0 Å². The molecule has 0 aromatic rings. The predicted molar refractivity (Wildman–Crippen MR) is 108 cm³/mol. The monoisotopic (exact) mass is 356 g/mol. The zero-order valence-electron chi connectivity index (χ0n) is 16.7. The van der Waals surface area contributed by atoms with E-state index in [1.165, 1.54) is 89.9 Å². The lowest BCUT2D eigenvalue weighted by Crippen LogP contribution is -2.43. The molecule has 0 aliphatic carbocycles. The Kier molecular flexibility index (Phi) is 19.2. The molecule has 0 rings (SSSR count). The Bertz CT molecular complexity index is 285. The summed E-state index contributed by atoms with van der Waals surface area (Å²) in [5.41, 5.74) is 5.43. The van der Waals surface area contributed by atoms with E-state index in [0.717, 1.165) is 12.8 Å². The summed E-state index contributed by atoms with van der Waals surface area (Å²) in [6.45, 7) is 2.66. The topological polar surface area (TPSA) is 75.4 Å². The summed E-state index contributed by atoms with van der Waals surface area (Å²) in [6, 6.07) is -0.777. The molecule has 1 atom stereocenters. The predicted octanol–water partition coefficient (Wildman–Crippen LogP) is 4.68. The molecule has 0 aliphatic heterocycles. The molecule has 0 aromatic carbocycles. The van der Waals surface area contributed by atoms with Gasteiger partial charge in [-0.25, -0.2) is 0 Å². The number of carbonyl (C=O) groups is 1. The zero-order chi connectivity index (χ0) is 18.6. The molecule has 0 saturated carbocycles. The third-order valence-electron chi connectivity index (χ3n) is 4.86. The Morgan fingerprint density at radius 2 is 1.12 bits per heavy atom. The standard InChI is InChI=1S/C21H44N2O2/c1-2-3-4-5-6-7-8-9-10-11-12-13-14-15-16-17-18-23-21(25)20(22)19-24/h20,24H,2-19,22H2,1H3,(H,23,25). The highest BCUT2D eigenvalue weighted by Crippen LogP contribution is 2.13. The van der Waals surface area contributed by atoms with Gasteiger partial charge in [-0.05, 0) is 6.42 Å². The molecule has 0 spiro atoms. The Morgan fingerprint density at radius 3 is 1.48 bits per heavy atom. The number of nitrogens with two attached hydrogens (primary N) is 1. The Labute approximate surface area is 156 Å². The number of aliphatic hydroxyl groups excluding tert-OH is 1. The third kappa shape index (κ3) is 18.0. The zero-order valence-corrected chi connectivity index (χ0v) is 16.7. The molecule has 1 unspecified atom stereocenters. The molecule has 25 heavy (non-hydrogen) atoms. The van der Waals surface area contributed by atoms with Crippen LogP contribution >= 0.6 is 0 Å². The summed E-state index contributed by atoms with van der Waals surface area (Å²) in [5, 5.41) is 11.5. The minimum Gasteiger partial charge on any atom is -0.394 e. The number of hydrogen-bond donors (Lipinski definition) is 3. The summed E-state index contributed by atoms with van der Waals surface area (Å²) in [6.07, 6.45) is 21.6. The van der Waals surface area contributed by atoms with Crippen molar-refractivity contribution in [1.82, 2.24) is 5.32 Å². The minimum absolute atomic E-state index is 0.247. The number of nitrogens with one attached hydrogen (secondary N) is 1. The van der Waals surface area contributed by atoms with Crippen molar-refractivity contribution in [3.8, 4) is 0 Å². The van der Waals surface area contributed by atoms with E-state index < -0.39 is 6.04 Å². The fourth-order valence-corrected chi connectivity index (χ4v) is 3.10. The van der Waals surface area contributed by atoms with Crippen LogP contribution in [-0.2, 0) is 4.79 Å². The van der Waals surface area contributed by atoms with Crippen LogP contribution in [-0.4, -0.2) is 30.2 Å². The number of rotatable bonds is 19. The van der Waals surface area contributed by atoms with E-state index in [-0.39, 0.29) is 12.5 Å². The normalized spacial score (nSPS) is 12.3. The van der Waals surface area contributed by atoms with Crippen LogP contribution in [0, 0.1) is 0 Å². The average Bonchev–Trinajstić information content (AvgIpc) is 2.63. The summed E-state index contributed by atoms with van der Waals surface area (Å²) in [4.78, 5) is 11.3. The summed E-state index contributed by atoms with van der Waals surface area (Å²) < 4.78 is 0. The maximum atomic E-state index is 11.3. The van der Waals surface area contributed by atoms with Crippen molar-refractivity contribution in [2.45, 2.75) is 116 Å². The molecule has 4 heteroatoms. The largest absolute Gasteiger partial charge is 0.394 e. The van der Waals surface area contributed by atoms with E-state index in [1.54, 1.807) is 0 Å². The van der Waals surface area contributed by atoms with Crippen molar-refractivity contribution in [2.24, 2.45) is 5.73 Å². The summed E-state index contributed by atoms with van der Waals surface area (Å²) >= 11 is 0. The fraction of sp³-hybridized carbons (Fsp3) is 0.952. The molecule has 0 heterocycles. The second-order valence-corrected chi connectivity index (χ2v) is 7.38. The van der Waals surface area contributed by atoms with Gasteiger partial charge < -0.3 is 16.2 Å². The lowest BCUT2D eigenvalue weighted by Gasteiger charge is -2.09. The maximum Gasteiger partial charge on any atom is 0.239 e. The first-order valence-corrected chi connectivity index (χ1v) is 10.9. The van der Waals surface area contributed by atoms with Crippen molar-refractivity contribution >= 4 is 5.91 Å². The molecule has 0 fully saturated rings. The number of amides is 1. The van der Waals surface area contributed by atoms with Crippen LogP contribution in [0.3, 0.4) is 0 Å². The van der Waals surface area contributed by atoms with Gasteiger partial charge in [0.15, 0.2) is 0 Å².